The summed E-state index contributed by atoms with van der Waals surface area (Å²) in [6, 6.07) is 4.93. The molecule has 0 saturated carbocycles. The molecular weight excluding hydrogens is 521 g/mol. The van der Waals surface area contributed by atoms with Crippen LogP contribution in [0.2, 0.25) is 0 Å². The van der Waals surface area contributed by atoms with E-state index in [0.29, 0.717) is 17.9 Å². The number of aliphatic imine (C=N–C) groups is 1. The van der Waals surface area contributed by atoms with E-state index in [1.165, 1.54) is 24.3 Å². The lowest BCUT2D eigenvalue weighted by atomic mass is 9.88. The van der Waals surface area contributed by atoms with Gasteiger partial charge in [0.05, 0.1) is 12.7 Å². The Bertz CT molecular complexity index is 642. The van der Waals surface area contributed by atoms with Crippen molar-refractivity contribution in [2.24, 2.45) is 16.8 Å². The van der Waals surface area contributed by atoms with Crippen molar-refractivity contribution >= 4 is 41.3 Å². The van der Waals surface area contributed by atoms with Crippen LogP contribution >= 0.6 is 35.3 Å². The van der Waals surface area contributed by atoms with Crippen LogP contribution in [0.3, 0.4) is 0 Å². The molecule has 31 heavy (non-hydrogen) atoms. The van der Waals surface area contributed by atoms with Crippen molar-refractivity contribution in [3.63, 3.8) is 0 Å². The van der Waals surface area contributed by atoms with E-state index >= 15 is 0 Å². The van der Waals surface area contributed by atoms with Crippen LogP contribution in [-0.2, 0) is 4.74 Å². The van der Waals surface area contributed by atoms with E-state index < -0.39 is 0 Å². The number of guanidine groups is 1. The maximum Gasteiger partial charge on any atom is 0.191 e. The first-order valence-electron chi connectivity index (χ1n) is 11.7. The van der Waals surface area contributed by atoms with Gasteiger partial charge in [0, 0.05) is 50.2 Å². The minimum Gasteiger partial charge on any atom is -0.374 e. The quantitative estimate of drug-likeness (QED) is 0.287. The molecule has 3 rings (SSSR count). The zero-order valence-electron chi connectivity index (χ0n) is 19.7. The number of nitrogens with zero attached hydrogens (tertiary/aromatic N) is 3. The van der Waals surface area contributed by atoms with Crippen LogP contribution in [0.1, 0.15) is 44.5 Å². The third kappa shape index (κ3) is 8.46. The number of thiophene rings is 1. The summed E-state index contributed by atoms with van der Waals surface area (Å²) in [7, 11) is 2.26. The van der Waals surface area contributed by atoms with Crippen molar-refractivity contribution in [3.05, 3.63) is 22.4 Å². The largest absolute Gasteiger partial charge is 0.374 e. The fourth-order valence-corrected chi connectivity index (χ4v) is 5.69. The maximum absolute atomic E-state index is 6.00. The van der Waals surface area contributed by atoms with Gasteiger partial charge in [-0.2, -0.15) is 0 Å². The Balaban J connectivity index is 0.00000341. The molecule has 178 valence electrons. The molecule has 3 atom stereocenters. The van der Waals surface area contributed by atoms with Gasteiger partial charge in [0.25, 0.3) is 0 Å². The van der Waals surface area contributed by atoms with Crippen molar-refractivity contribution in [1.82, 2.24) is 20.4 Å². The molecule has 0 aliphatic carbocycles. The highest BCUT2D eigenvalue weighted by Gasteiger charge is 2.31. The number of likely N-dealkylation sites (tertiary alicyclic amines) is 1. The topological polar surface area (TPSA) is 52.1 Å². The third-order valence-electron chi connectivity index (χ3n) is 6.01. The van der Waals surface area contributed by atoms with Crippen LogP contribution in [0.15, 0.2) is 22.5 Å². The zero-order valence-corrected chi connectivity index (χ0v) is 22.8. The van der Waals surface area contributed by atoms with Gasteiger partial charge in [0.1, 0.15) is 0 Å². The Labute approximate surface area is 210 Å². The third-order valence-corrected chi connectivity index (χ3v) is 6.96. The summed E-state index contributed by atoms with van der Waals surface area (Å²) in [5.74, 6) is 2.17. The van der Waals surface area contributed by atoms with Crippen LogP contribution in [0.5, 0.6) is 0 Å². The van der Waals surface area contributed by atoms with Crippen molar-refractivity contribution in [3.8, 4) is 0 Å². The van der Waals surface area contributed by atoms with Crippen LogP contribution in [0, 0.1) is 11.8 Å². The fourth-order valence-electron chi connectivity index (χ4n) is 4.71. The molecule has 0 aromatic carbocycles. The molecule has 2 aliphatic rings. The number of halogens is 1. The number of hydrogen-bond acceptors (Lipinski definition) is 5. The lowest BCUT2D eigenvalue weighted by Crippen LogP contribution is -2.50. The number of nitrogens with one attached hydrogen (secondary N) is 2. The summed E-state index contributed by atoms with van der Waals surface area (Å²) in [5, 5.41) is 9.16. The molecule has 6 nitrogen and oxygen atoms in total. The molecule has 2 aliphatic heterocycles. The number of piperidine rings is 1. The smallest absolute Gasteiger partial charge is 0.191 e. The molecule has 2 fully saturated rings. The summed E-state index contributed by atoms with van der Waals surface area (Å²) >= 11 is 1.87. The fraction of sp³-hybridized carbons (Fsp3) is 0.783. The first kappa shape index (κ1) is 26.8. The first-order chi connectivity index (χ1) is 14.6. The highest BCUT2D eigenvalue weighted by Crippen LogP contribution is 2.37. The van der Waals surface area contributed by atoms with E-state index in [1.54, 1.807) is 0 Å². The first-order valence-corrected chi connectivity index (χ1v) is 12.5. The molecule has 1 aromatic rings. The Morgan fingerprint density at radius 1 is 1.32 bits per heavy atom. The van der Waals surface area contributed by atoms with Crippen LogP contribution in [0.4, 0.5) is 0 Å². The molecule has 2 saturated heterocycles. The average Bonchev–Trinajstić information content (AvgIpc) is 3.24. The van der Waals surface area contributed by atoms with Gasteiger partial charge < -0.3 is 15.4 Å². The van der Waals surface area contributed by atoms with E-state index in [9.17, 15) is 0 Å². The summed E-state index contributed by atoms with van der Waals surface area (Å²) < 4.78 is 6.00. The van der Waals surface area contributed by atoms with Gasteiger partial charge >= 0.3 is 0 Å². The minimum absolute atomic E-state index is 0. The lowest BCUT2D eigenvalue weighted by Gasteiger charge is -2.38. The van der Waals surface area contributed by atoms with E-state index in [1.807, 2.05) is 11.3 Å². The number of hydrogen-bond donors (Lipinski definition) is 2. The van der Waals surface area contributed by atoms with Crippen molar-refractivity contribution in [1.29, 1.82) is 0 Å². The summed E-state index contributed by atoms with van der Waals surface area (Å²) in [6.45, 7) is 14.4. The van der Waals surface area contributed by atoms with Crippen LogP contribution in [0.25, 0.3) is 0 Å². The second-order valence-corrected chi connectivity index (χ2v) is 10.1. The Kier molecular flexibility index (Phi) is 12.1. The summed E-state index contributed by atoms with van der Waals surface area (Å²) in [5.41, 5.74) is 0. The summed E-state index contributed by atoms with van der Waals surface area (Å²) in [6.07, 6.45) is 2.72. The van der Waals surface area contributed by atoms with E-state index in [2.05, 4.69) is 65.8 Å². The SMILES string of the molecule is CCNC(=NCC1CCCN(C)C1c1cccs1)NCC1CN(CC(C)C)CCO1.I. The Hall–Kier alpha value is -0.420. The molecule has 0 radical (unpaired) electrons. The van der Waals surface area contributed by atoms with E-state index in [4.69, 9.17) is 9.73 Å². The van der Waals surface area contributed by atoms with Crippen molar-refractivity contribution in [2.45, 2.75) is 45.8 Å². The molecule has 0 spiro atoms. The molecule has 0 bridgehead atoms. The zero-order chi connectivity index (χ0) is 21.3. The van der Waals surface area contributed by atoms with E-state index in [0.717, 1.165) is 51.8 Å². The van der Waals surface area contributed by atoms with Gasteiger partial charge in [0.2, 0.25) is 0 Å². The second kappa shape index (κ2) is 14.0. The molecule has 8 heteroatoms. The molecule has 3 unspecified atom stereocenters. The predicted molar refractivity (Wildman–Crippen MR) is 143 cm³/mol. The molecule has 1 aromatic heterocycles. The number of rotatable bonds is 8. The van der Waals surface area contributed by atoms with Gasteiger partial charge in [-0.25, -0.2) is 0 Å². The van der Waals surface area contributed by atoms with Crippen LogP contribution < -0.4 is 10.6 Å². The highest BCUT2D eigenvalue weighted by molar-refractivity contribution is 14.0. The monoisotopic (exact) mass is 563 g/mol. The molecule has 3 heterocycles. The van der Waals surface area contributed by atoms with Gasteiger partial charge in [-0.1, -0.05) is 19.9 Å². The molecule has 2 N–H and O–H groups in total. The second-order valence-electron chi connectivity index (χ2n) is 9.09. The Morgan fingerprint density at radius 2 is 2.16 bits per heavy atom. The van der Waals surface area contributed by atoms with Gasteiger partial charge in [-0.15, -0.1) is 35.3 Å². The predicted octanol–water partition coefficient (Wildman–Crippen LogP) is 3.66. The van der Waals surface area contributed by atoms with Gasteiger partial charge in [0.15, 0.2) is 5.96 Å². The van der Waals surface area contributed by atoms with E-state index in [-0.39, 0.29) is 30.1 Å². The molecular formula is C23H42IN5OS. The van der Waals surface area contributed by atoms with Crippen molar-refractivity contribution < 1.29 is 4.74 Å². The van der Waals surface area contributed by atoms with Gasteiger partial charge in [-0.05, 0) is 56.6 Å². The Morgan fingerprint density at radius 3 is 2.87 bits per heavy atom. The normalized spacial score (nSPS) is 26.0. The maximum atomic E-state index is 6.00. The van der Waals surface area contributed by atoms with Gasteiger partial charge in [-0.3, -0.25) is 14.8 Å². The average molecular weight is 564 g/mol. The molecule has 0 amide bonds. The standard InChI is InChI=1S/C23H41N5OS.HI/c1-5-24-23(26-15-20-17-28(11-12-29-20)16-18(2)3)25-14-19-8-6-10-27(4)22(19)21-9-7-13-30-21;/h7,9,13,18-20,22H,5-6,8,10-12,14-17H2,1-4H3,(H2,24,25,26);1H. The van der Waals surface area contributed by atoms with Crippen molar-refractivity contribution in [2.75, 3.05) is 59.5 Å². The number of ether oxygens (including phenoxy) is 1. The lowest BCUT2D eigenvalue weighted by molar-refractivity contribution is -0.0284. The minimum atomic E-state index is 0. The van der Waals surface area contributed by atoms with Crippen LogP contribution in [-0.4, -0.2) is 81.3 Å². The summed E-state index contributed by atoms with van der Waals surface area (Å²) in [4.78, 5) is 11.5. The highest BCUT2D eigenvalue weighted by atomic mass is 127. The number of morpholine rings is 1.